The standard InChI is InChI=1S/C19H28O6/c1-13(10-17(20)25-19(2,3)4)24-15-9-7-8-14(11-15)12-16(22-5)18(21)23-6/h7-9,11,13,16H,10,12H2,1-6H3. The smallest absolute Gasteiger partial charge is 0.335 e. The molecule has 0 saturated heterocycles. The van der Waals surface area contributed by atoms with E-state index in [9.17, 15) is 9.59 Å². The molecule has 6 nitrogen and oxygen atoms in total. The van der Waals surface area contributed by atoms with Gasteiger partial charge in [-0.3, -0.25) is 4.79 Å². The van der Waals surface area contributed by atoms with Crippen molar-refractivity contribution in [2.45, 2.75) is 58.3 Å². The topological polar surface area (TPSA) is 71.1 Å². The Morgan fingerprint density at radius 3 is 2.40 bits per heavy atom. The van der Waals surface area contributed by atoms with E-state index in [0.29, 0.717) is 12.2 Å². The van der Waals surface area contributed by atoms with Gasteiger partial charge in [-0.05, 0) is 45.4 Å². The zero-order valence-corrected chi connectivity index (χ0v) is 15.8. The van der Waals surface area contributed by atoms with Crippen molar-refractivity contribution in [3.05, 3.63) is 29.8 Å². The minimum absolute atomic E-state index is 0.157. The summed E-state index contributed by atoms with van der Waals surface area (Å²) in [5.74, 6) is -0.110. The summed E-state index contributed by atoms with van der Waals surface area (Å²) in [6.07, 6.45) is -0.464. The zero-order valence-electron chi connectivity index (χ0n) is 15.8. The summed E-state index contributed by atoms with van der Waals surface area (Å²) in [6, 6.07) is 7.32. The van der Waals surface area contributed by atoms with Gasteiger partial charge in [0.25, 0.3) is 0 Å². The molecule has 0 spiro atoms. The van der Waals surface area contributed by atoms with Crippen LogP contribution in [0.15, 0.2) is 24.3 Å². The van der Waals surface area contributed by atoms with Gasteiger partial charge in [-0.2, -0.15) is 0 Å². The maximum absolute atomic E-state index is 11.8. The third-order valence-corrected chi connectivity index (χ3v) is 3.28. The van der Waals surface area contributed by atoms with Gasteiger partial charge in [0.1, 0.15) is 17.5 Å². The summed E-state index contributed by atoms with van der Waals surface area (Å²) in [5, 5.41) is 0. The Morgan fingerprint density at radius 2 is 1.84 bits per heavy atom. The Bertz CT molecular complexity index is 576. The second-order valence-electron chi connectivity index (χ2n) is 6.82. The highest BCUT2D eigenvalue weighted by Crippen LogP contribution is 2.19. The summed E-state index contributed by atoms with van der Waals surface area (Å²) < 4.78 is 20.9. The second kappa shape index (κ2) is 9.42. The maximum atomic E-state index is 11.8. The Labute approximate surface area is 149 Å². The lowest BCUT2D eigenvalue weighted by Gasteiger charge is -2.21. The Morgan fingerprint density at radius 1 is 1.16 bits per heavy atom. The van der Waals surface area contributed by atoms with E-state index in [2.05, 4.69) is 0 Å². The number of esters is 2. The van der Waals surface area contributed by atoms with E-state index >= 15 is 0 Å². The fourth-order valence-electron chi connectivity index (χ4n) is 2.25. The number of methoxy groups -OCH3 is 2. The van der Waals surface area contributed by atoms with Gasteiger partial charge in [0.2, 0.25) is 0 Å². The Balaban J connectivity index is 2.65. The highest BCUT2D eigenvalue weighted by Gasteiger charge is 2.21. The summed E-state index contributed by atoms with van der Waals surface area (Å²) in [7, 11) is 2.79. The second-order valence-corrected chi connectivity index (χ2v) is 6.82. The fraction of sp³-hybridized carbons (Fsp3) is 0.579. The molecule has 0 aliphatic heterocycles. The quantitative estimate of drug-likeness (QED) is 0.670. The van der Waals surface area contributed by atoms with Crippen LogP contribution in [0.1, 0.15) is 39.7 Å². The number of rotatable bonds is 8. The van der Waals surface area contributed by atoms with Gasteiger partial charge in [-0.1, -0.05) is 12.1 Å². The summed E-state index contributed by atoms with van der Waals surface area (Å²) in [4.78, 5) is 23.5. The van der Waals surface area contributed by atoms with Crippen molar-refractivity contribution in [2.24, 2.45) is 0 Å². The monoisotopic (exact) mass is 352 g/mol. The molecule has 0 aliphatic carbocycles. The fourth-order valence-corrected chi connectivity index (χ4v) is 2.25. The van der Waals surface area contributed by atoms with Crippen LogP contribution in [0.4, 0.5) is 0 Å². The molecule has 2 atom stereocenters. The third-order valence-electron chi connectivity index (χ3n) is 3.28. The Kier molecular flexibility index (Phi) is 7.90. The zero-order chi connectivity index (χ0) is 19.0. The van der Waals surface area contributed by atoms with Gasteiger partial charge in [0.15, 0.2) is 6.10 Å². The van der Waals surface area contributed by atoms with E-state index in [1.807, 2.05) is 45.9 Å². The first kappa shape index (κ1) is 21.0. The van der Waals surface area contributed by atoms with Crippen LogP contribution in [-0.4, -0.2) is 44.0 Å². The molecule has 0 radical (unpaired) electrons. The molecule has 0 heterocycles. The average Bonchev–Trinajstić information content (AvgIpc) is 2.50. The van der Waals surface area contributed by atoms with Gasteiger partial charge >= 0.3 is 11.9 Å². The van der Waals surface area contributed by atoms with Gasteiger partial charge in [-0.15, -0.1) is 0 Å². The van der Waals surface area contributed by atoms with E-state index in [-0.39, 0.29) is 18.5 Å². The van der Waals surface area contributed by atoms with Gasteiger partial charge in [-0.25, -0.2) is 4.79 Å². The van der Waals surface area contributed by atoms with Crippen molar-refractivity contribution in [3.8, 4) is 5.75 Å². The molecule has 1 rings (SSSR count). The molecule has 0 fully saturated rings. The summed E-state index contributed by atoms with van der Waals surface area (Å²) in [5.41, 5.74) is 0.360. The predicted octanol–water partition coefficient (Wildman–Crippen LogP) is 2.92. The number of ether oxygens (including phenoxy) is 4. The number of benzene rings is 1. The lowest BCUT2D eigenvalue weighted by molar-refractivity contribution is -0.156. The number of carbonyl (C=O) groups is 2. The molecule has 2 unspecified atom stereocenters. The molecular formula is C19H28O6. The molecule has 1 aromatic rings. The first-order valence-electron chi connectivity index (χ1n) is 8.22. The molecule has 0 amide bonds. The first-order chi connectivity index (χ1) is 11.6. The Hall–Kier alpha value is -2.08. The third kappa shape index (κ3) is 8.03. The molecule has 6 heteroatoms. The molecule has 0 saturated carbocycles. The molecular weight excluding hydrogens is 324 g/mol. The first-order valence-corrected chi connectivity index (χ1v) is 8.22. The van der Waals surface area contributed by atoms with Crippen molar-refractivity contribution in [2.75, 3.05) is 14.2 Å². The molecule has 1 aromatic carbocycles. The minimum atomic E-state index is -0.667. The summed E-state index contributed by atoms with van der Waals surface area (Å²) >= 11 is 0. The van der Waals surface area contributed by atoms with Gasteiger partial charge in [0.05, 0.1) is 13.5 Å². The largest absolute Gasteiger partial charge is 0.490 e. The van der Waals surface area contributed by atoms with Crippen molar-refractivity contribution in [3.63, 3.8) is 0 Å². The van der Waals surface area contributed by atoms with E-state index in [4.69, 9.17) is 18.9 Å². The number of hydrogen-bond acceptors (Lipinski definition) is 6. The lowest BCUT2D eigenvalue weighted by Crippen LogP contribution is -2.27. The van der Waals surface area contributed by atoms with Gasteiger partial charge in [0, 0.05) is 13.5 Å². The van der Waals surface area contributed by atoms with Crippen LogP contribution in [0.25, 0.3) is 0 Å². The van der Waals surface area contributed by atoms with Crippen LogP contribution in [0.3, 0.4) is 0 Å². The van der Waals surface area contributed by atoms with Crippen molar-refractivity contribution < 1.29 is 28.5 Å². The van der Waals surface area contributed by atoms with Crippen LogP contribution >= 0.6 is 0 Å². The van der Waals surface area contributed by atoms with Crippen LogP contribution in [0.5, 0.6) is 5.75 Å². The van der Waals surface area contributed by atoms with E-state index < -0.39 is 17.7 Å². The molecule has 0 aliphatic rings. The molecule has 25 heavy (non-hydrogen) atoms. The SMILES string of the molecule is COC(=O)C(Cc1cccc(OC(C)CC(=O)OC(C)(C)C)c1)OC. The highest BCUT2D eigenvalue weighted by molar-refractivity contribution is 5.75. The van der Waals surface area contributed by atoms with Crippen molar-refractivity contribution >= 4 is 11.9 Å². The minimum Gasteiger partial charge on any atom is -0.490 e. The van der Waals surface area contributed by atoms with Gasteiger partial charge < -0.3 is 18.9 Å². The van der Waals surface area contributed by atoms with Crippen molar-refractivity contribution in [1.82, 2.24) is 0 Å². The molecule has 140 valence electrons. The normalized spacial score (nSPS) is 13.7. The van der Waals surface area contributed by atoms with Crippen molar-refractivity contribution in [1.29, 1.82) is 0 Å². The molecule has 0 aromatic heterocycles. The predicted molar refractivity (Wildman–Crippen MR) is 93.5 cm³/mol. The molecule has 0 bridgehead atoms. The molecule has 0 N–H and O–H groups in total. The average molecular weight is 352 g/mol. The lowest BCUT2D eigenvalue weighted by atomic mass is 10.1. The number of carbonyl (C=O) groups excluding carboxylic acids is 2. The summed E-state index contributed by atoms with van der Waals surface area (Å²) in [6.45, 7) is 7.29. The van der Waals surface area contributed by atoms with Crippen LogP contribution in [0.2, 0.25) is 0 Å². The highest BCUT2D eigenvalue weighted by atomic mass is 16.6. The van der Waals surface area contributed by atoms with Crippen LogP contribution in [-0.2, 0) is 30.2 Å². The van der Waals surface area contributed by atoms with Crippen LogP contribution in [0, 0.1) is 0 Å². The van der Waals surface area contributed by atoms with E-state index in [0.717, 1.165) is 5.56 Å². The number of hydrogen-bond donors (Lipinski definition) is 0. The van der Waals surface area contributed by atoms with E-state index in [1.54, 1.807) is 6.07 Å². The van der Waals surface area contributed by atoms with Crippen LogP contribution < -0.4 is 4.74 Å². The maximum Gasteiger partial charge on any atom is 0.335 e. The van der Waals surface area contributed by atoms with E-state index in [1.165, 1.54) is 14.2 Å².